The summed E-state index contributed by atoms with van der Waals surface area (Å²) in [6, 6.07) is 0.775. The minimum Gasteiger partial charge on any atom is -0.357 e. The molecule has 30 heavy (non-hydrogen) atoms. The first-order chi connectivity index (χ1) is 14.4. The first kappa shape index (κ1) is 23.8. The Kier molecular flexibility index (Phi) is 8.83. The van der Waals surface area contributed by atoms with Crippen LogP contribution in [0.3, 0.4) is 0 Å². The molecule has 1 saturated carbocycles. The van der Waals surface area contributed by atoms with Crippen LogP contribution in [0.1, 0.15) is 46.5 Å². The summed E-state index contributed by atoms with van der Waals surface area (Å²) in [7, 11) is -2.81. The van der Waals surface area contributed by atoms with Gasteiger partial charge >= 0.3 is 0 Å². The second-order valence-corrected chi connectivity index (χ2v) is 11.9. The smallest absolute Gasteiger partial charge is 0.194 e. The molecule has 1 N–H and O–H groups in total. The van der Waals surface area contributed by atoms with Crippen molar-refractivity contribution < 1.29 is 8.42 Å². The van der Waals surface area contributed by atoms with Gasteiger partial charge in [0, 0.05) is 58.4 Å². The third-order valence-corrected chi connectivity index (χ3v) is 8.87. The van der Waals surface area contributed by atoms with Crippen LogP contribution in [-0.4, -0.2) is 106 Å². The molecule has 2 aliphatic heterocycles. The Morgan fingerprint density at radius 2 is 1.63 bits per heavy atom. The number of piperazine rings is 1. The van der Waals surface area contributed by atoms with E-state index in [1.54, 1.807) is 0 Å². The standard InChI is InChI=1S/C22H43N5O2S/c1-4-23-22(24-9-10-25-15-17-30(28,29)18-16-25)27-13-11-26(12-14-27)21-7-5-20(6-8-21)19(2)3/h19-21H,4-18H2,1-3H3,(H,23,24). The van der Waals surface area contributed by atoms with Crippen LogP contribution in [0.2, 0.25) is 0 Å². The summed E-state index contributed by atoms with van der Waals surface area (Å²) in [5.74, 6) is 3.35. The molecule has 0 atom stereocenters. The zero-order valence-corrected chi connectivity index (χ0v) is 20.2. The van der Waals surface area contributed by atoms with Crippen molar-refractivity contribution in [3.63, 3.8) is 0 Å². The molecule has 174 valence electrons. The molecule has 2 heterocycles. The molecule has 0 aromatic heterocycles. The SMILES string of the molecule is CCNC(=NCCN1CCS(=O)(=O)CC1)N1CCN(C2CCC(C(C)C)CC2)CC1. The fourth-order valence-electron chi connectivity index (χ4n) is 5.13. The zero-order valence-electron chi connectivity index (χ0n) is 19.4. The zero-order chi connectivity index (χ0) is 21.6. The van der Waals surface area contributed by atoms with E-state index in [1.807, 2.05) is 0 Å². The highest BCUT2D eigenvalue weighted by atomic mass is 32.2. The molecular weight excluding hydrogens is 398 g/mol. The third-order valence-electron chi connectivity index (χ3n) is 7.26. The van der Waals surface area contributed by atoms with Gasteiger partial charge in [-0.15, -0.1) is 0 Å². The van der Waals surface area contributed by atoms with Gasteiger partial charge in [0.15, 0.2) is 15.8 Å². The Labute approximate surface area is 184 Å². The van der Waals surface area contributed by atoms with Gasteiger partial charge in [-0.2, -0.15) is 0 Å². The molecule has 0 radical (unpaired) electrons. The maximum atomic E-state index is 11.6. The molecule has 2 saturated heterocycles. The Morgan fingerprint density at radius 3 is 2.20 bits per heavy atom. The van der Waals surface area contributed by atoms with E-state index in [-0.39, 0.29) is 11.5 Å². The Morgan fingerprint density at radius 1 is 1.00 bits per heavy atom. The van der Waals surface area contributed by atoms with Gasteiger partial charge in [0.1, 0.15) is 0 Å². The van der Waals surface area contributed by atoms with Crippen LogP contribution in [0.4, 0.5) is 0 Å². The molecule has 3 fully saturated rings. The van der Waals surface area contributed by atoms with E-state index in [4.69, 9.17) is 4.99 Å². The number of rotatable bonds is 6. The van der Waals surface area contributed by atoms with E-state index in [0.717, 1.165) is 69.7 Å². The summed E-state index contributed by atoms with van der Waals surface area (Å²) < 4.78 is 23.2. The van der Waals surface area contributed by atoms with Crippen LogP contribution in [0.15, 0.2) is 4.99 Å². The highest BCUT2D eigenvalue weighted by Crippen LogP contribution is 2.32. The van der Waals surface area contributed by atoms with Crippen LogP contribution in [0, 0.1) is 11.8 Å². The lowest BCUT2D eigenvalue weighted by Crippen LogP contribution is -2.55. The summed E-state index contributed by atoms with van der Waals surface area (Å²) in [6.45, 7) is 14.9. The number of hydrogen-bond acceptors (Lipinski definition) is 5. The van der Waals surface area contributed by atoms with Crippen LogP contribution in [0.5, 0.6) is 0 Å². The van der Waals surface area contributed by atoms with E-state index in [1.165, 1.54) is 25.7 Å². The van der Waals surface area contributed by atoms with Gasteiger partial charge in [0.05, 0.1) is 18.1 Å². The molecule has 0 spiro atoms. The highest BCUT2D eigenvalue weighted by molar-refractivity contribution is 7.91. The molecule has 8 heteroatoms. The highest BCUT2D eigenvalue weighted by Gasteiger charge is 2.30. The van der Waals surface area contributed by atoms with Gasteiger partial charge < -0.3 is 10.2 Å². The average molecular weight is 442 g/mol. The van der Waals surface area contributed by atoms with Crippen molar-refractivity contribution in [1.29, 1.82) is 0 Å². The fraction of sp³-hybridized carbons (Fsp3) is 0.955. The maximum Gasteiger partial charge on any atom is 0.194 e. The van der Waals surface area contributed by atoms with Crippen molar-refractivity contribution in [3.05, 3.63) is 0 Å². The van der Waals surface area contributed by atoms with Crippen LogP contribution in [-0.2, 0) is 9.84 Å². The van der Waals surface area contributed by atoms with E-state index in [2.05, 4.69) is 40.8 Å². The first-order valence-electron chi connectivity index (χ1n) is 12.1. The van der Waals surface area contributed by atoms with Crippen molar-refractivity contribution in [2.75, 3.05) is 70.4 Å². The van der Waals surface area contributed by atoms with E-state index < -0.39 is 9.84 Å². The minimum absolute atomic E-state index is 0.290. The Bertz CT molecular complexity index is 636. The number of guanidine groups is 1. The van der Waals surface area contributed by atoms with Gasteiger partial charge in [-0.1, -0.05) is 13.8 Å². The van der Waals surface area contributed by atoms with E-state index >= 15 is 0 Å². The predicted molar refractivity (Wildman–Crippen MR) is 125 cm³/mol. The topological polar surface area (TPSA) is 68.2 Å². The Hall–Kier alpha value is -0.860. The maximum absolute atomic E-state index is 11.6. The van der Waals surface area contributed by atoms with E-state index in [0.29, 0.717) is 13.1 Å². The third kappa shape index (κ3) is 6.82. The van der Waals surface area contributed by atoms with Crippen molar-refractivity contribution >= 4 is 15.8 Å². The lowest BCUT2D eigenvalue weighted by Gasteiger charge is -2.43. The van der Waals surface area contributed by atoms with Crippen molar-refractivity contribution in [2.45, 2.75) is 52.5 Å². The number of nitrogens with zero attached hydrogens (tertiary/aromatic N) is 4. The van der Waals surface area contributed by atoms with Crippen LogP contribution in [0.25, 0.3) is 0 Å². The number of aliphatic imine (C=N–C) groups is 1. The molecular formula is C22H43N5O2S. The molecule has 0 bridgehead atoms. The summed E-state index contributed by atoms with van der Waals surface area (Å²) >= 11 is 0. The van der Waals surface area contributed by atoms with Gasteiger partial charge in [0.25, 0.3) is 0 Å². The summed E-state index contributed by atoms with van der Waals surface area (Å²) in [6.07, 6.45) is 5.51. The molecule has 3 rings (SSSR count). The van der Waals surface area contributed by atoms with Gasteiger partial charge in [0.2, 0.25) is 0 Å². The summed E-state index contributed by atoms with van der Waals surface area (Å²) in [5, 5.41) is 3.46. The monoisotopic (exact) mass is 441 g/mol. The van der Waals surface area contributed by atoms with Crippen LogP contribution >= 0.6 is 0 Å². The number of nitrogens with one attached hydrogen (secondary N) is 1. The molecule has 3 aliphatic rings. The van der Waals surface area contributed by atoms with Crippen LogP contribution < -0.4 is 5.32 Å². The first-order valence-corrected chi connectivity index (χ1v) is 13.9. The fourth-order valence-corrected chi connectivity index (χ4v) is 6.41. The van der Waals surface area contributed by atoms with Crippen molar-refractivity contribution in [1.82, 2.24) is 20.0 Å². The van der Waals surface area contributed by atoms with Gasteiger partial charge in [-0.3, -0.25) is 14.8 Å². The Balaban J connectivity index is 1.43. The normalized spacial score (nSPS) is 29.3. The van der Waals surface area contributed by atoms with Crippen molar-refractivity contribution in [3.8, 4) is 0 Å². The average Bonchev–Trinajstić information content (AvgIpc) is 2.74. The van der Waals surface area contributed by atoms with Gasteiger partial charge in [-0.05, 0) is 44.4 Å². The van der Waals surface area contributed by atoms with Gasteiger partial charge in [-0.25, -0.2) is 8.42 Å². The molecule has 0 aromatic rings. The molecule has 0 amide bonds. The molecule has 0 aromatic carbocycles. The molecule has 0 unspecified atom stereocenters. The van der Waals surface area contributed by atoms with Crippen molar-refractivity contribution in [2.24, 2.45) is 16.8 Å². The summed E-state index contributed by atoms with van der Waals surface area (Å²) in [4.78, 5) is 12.2. The lowest BCUT2D eigenvalue weighted by molar-refractivity contribution is 0.0864. The lowest BCUT2D eigenvalue weighted by atomic mass is 9.79. The quantitative estimate of drug-likeness (QED) is 0.498. The molecule has 1 aliphatic carbocycles. The minimum atomic E-state index is -2.81. The van der Waals surface area contributed by atoms with E-state index in [9.17, 15) is 8.42 Å². The number of sulfone groups is 1. The summed E-state index contributed by atoms with van der Waals surface area (Å²) in [5.41, 5.74) is 0. The largest absolute Gasteiger partial charge is 0.357 e. The molecule has 7 nitrogen and oxygen atoms in total. The second-order valence-electron chi connectivity index (χ2n) is 9.56. The number of hydrogen-bond donors (Lipinski definition) is 1. The second kappa shape index (κ2) is 11.1. The predicted octanol–water partition coefficient (Wildman–Crippen LogP) is 1.51.